The number of hydrogen-bond donors (Lipinski definition) is 1. The van der Waals surface area contributed by atoms with Crippen molar-refractivity contribution in [3.8, 4) is 0 Å². The quantitative estimate of drug-likeness (QED) is 0.738. The van der Waals surface area contributed by atoms with E-state index < -0.39 is 0 Å². The van der Waals surface area contributed by atoms with Gasteiger partial charge in [-0.2, -0.15) is 0 Å². The first kappa shape index (κ1) is 9.36. The van der Waals surface area contributed by atoms with E-state index in [2.05, 4.69) is 15.7 Å². The Labute approximate surface area is 88.9 Å². The molecule has 0 aromatic carbocycles. The highest BCUT2D eigenvalue weighted by Crippen LogP contribution is 2.26. The molecule has 0 radical (unpaired) electrons. The number of hydrogen-bond acceptors (Lipinski definition) is 3. The van der Waals surface area contributed by atoms with Gasteiger partial charge < -0.3 is 14.4 Å². The minimum Gasteiger partial charge on any atom is -0.391 e. The Balaban J connectivity index is 1.85. The number of fused-ring (bicyclic) bond motifs is 1. The molecule has 0 aliphatic carbocycles. The van der Waals surface area contributed by atoms with Gasteiger partial charge in [0.25, 0.3) is 0 Å². The molecule has 2 aliphatic rings. The van der Waals surface area contributed by atoms with Gasteiger partial charge in [-0.05, 0) is 12.8 Å². The number of nitrogens with zero attached hydrogens (tertiary/aromatic N) is 2. The summed E-state index contributed by atoms with van der Waals surface area (Å²) in [5, 5.41) is 9.56. The van der Waals surface area contributed by atoms with Crippen LogP contribution in [0.5, 0.6) is 0 Å². The summed E-state index contributed by atoms with van der Waals surface area (Å²) in [6, 6.07) is 0. The lowest BCUT2D eigenvalue weighted by Gasteiger charge is -2.18. The number of imidazole rings is 1. The molecule has 1 aromatic heterocycles. The third kappa shape index (κ3) is 1.68. The van der Waals surface area contributed by atoms with Gasteiger partial charge in [-0.3, -0.25) is 0 Å². The molecule has 0 bridgehead atoms. The SMILES string of the molecule is OC1CCc2nc(C3CCOC3)cn2C1. The van der Waals surface area contributed by atoms with Crippen molar-refractivity contribution in [2.45, 2.75) is 37.8 Å². The molecule has 0 amide bonds. The smallest absolute Gasteiger partial charge is 0.109 e. The average molecular weight is 208 g/mol. The van der Waals surface area contributed by atoms with Crippen molar-refractivity contribution in [2.24, 2.45) is 0 Å². The van der Waals surface area contributed by atoms with Crippen LogP contribution < -0.4 is 0 Å². The zero-order valence-electron chi connectivity index (χ0n) is 8.72. The molecule has 2 aliphatic heterocycles. The second-order valence-electron chi connectivity index (χ2n) is 4.49. The van der Waals surface area contributed by atoms with Crippen LogP contribution in [0.25, 0.3) is 0 Å². The summed E-state index contributed by atoms with van der Waals surface area (Å²) < 4.78 is 7.47. The van der Waals surface area contributed by atoms with E-state index in [1.165, 1.54) is 0 Å². The van der Waals surface area contributed by atoms with Gasteiger partial charge in [-0.1, -0.05) is 0 Å². The third-order valence-electron chi connectivity index (χ3n) is 3.33. The minimum absolute atomic E-state index is 0.195. The fourth-order valence-electron chi connectivity index (χ4n) is 2.41. The van der Waals surface area contributed by atoms with Gasteiger partial charge in [-0.15, -0.1) is 0 Å². The van der Waals surface area contributed by atoms with Crippen LogP contribution in [-0.4, -0.2) is 34.0 Å². The molecule has 15 heavy (non-hydrogen) atoms. The van der Waals surface area contributed by atoms with Crippen molar-refractivity contribution in [3.05, 3.63) is 17.7 Å². The maximum absolute atomic E-state index is 9.56. The summed E-state index contributed by atoms with van der Waals surface area (Å²) in [7, 11) is 0. The number of aliphatic hydroxyl groups excluding tert-OH is 1. The van der Waals surface area contributed by atoms with E-state index in [1.54, 1.807) is 0 Å². The lowest BCUT2D eigenvalue weighted by atomic mass is 10.1. The Hall–Kier alpha value is -0.870. The monoisotopic (exact) mass is 208 g/mol. The first-order chi connectivity index (χ1) is 7.33. The topological polar surface area (TPSA) is 47.3 Å². The Morgan fingerprint density at radius 2 is 2.40 bits per heavy atom. The first-order valence-corrected chi connectivity index (χ1v) is 5.64. The van der Waals surface area contributed by atoms with E-state index in [9.17, 15) is 5.11 Å². The molecule has 1 saturated heterocycles. The Morgan fingerprint density at radius 3 is 3.20 bits per heavy atom. The molecule has 1 fully saturated rings. The Morgan fingerprint density at radius 1 is 1.47 bits per heavy atom. The molecule has 4 heteroatoms. The molecule has 3 heterocycles. The van der Waals surface area contributed by atoms with E-state index >= 15 is 0 Å². The highest BCUT2D eigenvalue weighted by molar-refractivity contribution is 5.12. The Kier molecular flexibility index (Phi) is 2.25. The van der Waals surface area contributed by atoms with Crippen LogP contribution in [0.2, 0.25) is 0 Å². The van der Waals surface area contributed by atoms with Crippen LogP contribution in [0.1, 0.15) is 30.3 Å². The van der Waals surface area contributed by atoms with Crippen molar-refractivity contribution in [1.82, 2.24) is 9.55 Å². The van der Waals surface area contributed by atoms with Gasteiger partial charge in [-0.25, -0.2) is 4.98 Å². The van der Waals surface area contributed by atoms with Gasteiger partial charge in [0.15, 0.2) is 0 Å². The summed E-state index contributed by atoms with van der Waals surface area (Å²) >= 11 is 0. The molecule has 3 rings (SSSR count). The zero-order valence-corrected chi connectivity index (χ0v) is 8.72. The molecule has 0 saturated carbocycles. The maximum Gasteiger partial charge on any atom is 0.109 e. The van der Waals surface area contributed by atoms with Crippen molar-refractivity contribution >= 4 is 0 Å². The summed E-state index contributed by atoms with van der Waals surface area (Å²) in [5.74, 6) is 1.60. The second kappa shape index (κ2) is 3.61. The highest BCUT2D eigenvalue weighted by Gasteiger charge is 2.24. The number of aromatic nitrogens is 2. The van der Waals surface area contributed by atoms with Gasteiger partial charge in [0.1, 0.15) is 5.82 Å². The minimum atomic E-state index is -0.195. The van der Waals surface area contributed by atoms with Crippen LogP contribution in [0.4, 0.5) is 0 Å². The summed E-state index contributed by atoms with van der Waals surface area (Å²) in [5.41, 5.74) is 1.15. The molecule has 82 valence electrons. The fraction of sp³-hybridized carbons (Fsp3) is 0.727. The predicted octanol–water partition coefficient (Wildman–Crippen LogP) is 0.694. The molecule has 2 atom stereocenters. The zero-order chi connectivity index (χ0) is 10.3. The third-order valence-corrected chi connectivity index (χ3v) is 3.33. The van der Waals surface area contributed by atoms with Crippen molar-refractivity contribution in [1.29, 1.82) is 0 Å². The summed E-state index contributed by atoms with van der Waals surface area (Å²) in [6.07, 6.45) is 4.72. The van der Waals surface area contributed by atoms with Gasteiger partial charge in [0.2, 0.25) is 0 Å². The van der Waals surface area contributed by atoms with Crippen LogP contribution >= 0.6 is 0 Å². The van der Waals surface area contributed by atoms with Crippen molar-refractivity contribution in [3.63, 3.8) is 0 Å². The van der Waals surface area contributed by atoms with E-state index in [1.807, 2.05) is 0 Å². The molecule has 1 aromatic rings. The van der Waals surface area contributed by atoms with Crippen molar-refractivity contribution < 1.29 is 9.84 Å². The predicted molar refractivity (Wildman–Crippen MR) is 54.7 cm³/mol. The number of rotatable bonds is 1. The number of aliphatic hydroxyl groups is 1. The molecule has 4 nitrogen and oxygen atoms in total. The maximum atomic E-state index is 9.56. The van der Waals surface area contributed by atoms with Crippen LogP contribution in [0.3, 0.4) is 0 Å². The van der Waals surface area contributed by atoms with Gasteiger partial charge in [0.05, 0.1) is 18.4 Å². The van der Waals surface area contributed by atoms with E-state index in [0.717, 1.165) is 44.0 Å². The fourth-order valence-corrected chi connectivity index (χ4v) is 2.41. The second-order valence-corrected chi connectivity index (χ2v) is 4.49. The molecular weight excluding hydrogens is 192 g/mol. The number of ether oxygens (including phenoxy) is 1. The van der Waals surface area contributed by atoms with E-state index in [-0.39, 0.29) is 6.10 Å². The van der Waals surface area contributed by atoms with Crippen LogP contribution in [-0.2, 0) is 17.7 Å². The largest absolute Gasteiger partial charge is 0.391 e. The molecule has 1 N–H and O–H groups in total. The van der Waals surface area contributed by atoms with Gasteiger partial charge >= 0.3 is 0 Å². The van der Waals surface area contributed by atoms with E-state index in [4.69, 9.17) is 4.74 Å². The molecule has 2 unspecified atom stereocenters. The average Bonchev–Trinajstić information content (AvgIpc) is 2.84. The summed E-state index contributed by atoms with van der Waals surface area (Å²) in [4.78, 5) is 4.64. The molecule has 0 spiro atoms. The molecular formula is C11H16N2O2. The normalized spacial score (nSPS) is 30.5. The van der Waals surface area contributed by atoms with Crippen LogP contribution in [0, 0.1) is 0 Å². The highest BCUT2D eigenvalue weighted by atomic mass is 16.5. The standard InChI is InChI=1S/C11H16N2O2/c14-9-1-2-11-12-10(6-13(11)5-9)8-3-4-15-7-8/h6,8-9,14H,1-5,7H2. The van der Waals surface area contributed by atoms with E-state index in [0.29, 0.717) is 12.5 Å². The van der Waals surface area contributed by atoms with Crippen LogP contribution in [0.15, 0.2) is 6.20 Å². The summed E-state index contributed by atoms with van der Waals surface area (Å²) in [6.45, 7) is 2.37. The lowest BCUT2D eigenvalue weighted by molar-refractivity contribution is 0.130. The lowest BCUT2D eigenvalue weighted by Crippen LogP contribution is -2.23. The Bertz CT molecular complexity index is 355. The van der Waals surface area contributed by atoms with Gasteiger partial charge in [0, 0.05) is 31.7 Å². The number of aryl methyl sites for hydroxylation is 1. The van der Waals surface area contributed by atoms with Crippen molar-refractivity contribution in [2.75, 3.05) is 13.2 Å². The first-order valence-electron chi connectivity index (χ1n) is 5.64.